The van der Waals surface area contributed by atoms with Crippen molar-refractivity contribution < 1.29 is 9.47 Å². The summed E-state index contributed by atoms with van der Waals surface area (Å²) in [6.45, 7) is 3.29. The van der Waals surface area contributed by atoms with Crippen LogP contribution in [0.2, 0.25) is 0 Å². The number of nitrogens with zero attached hydrogens (tertiary/aromatic N) is 1. The Bertz CT molecular complexity index is 846. The standard InChI is InChI=1S/C18H16N2O2/c1-12-10-18(20-15-5-3-2-4-14(12)15)19-13-6-7-16-17(11-13)22-9-8-21-16/h2-7,10-11H,8-9H2,1H3,(H,19,20). The first-order valence-corrected chi connectivity index (χ1v) is 7.33. The first kappa shape index (κ1) is 13.0. The Balaban J connectivity index is 1.68. The molecule has 4 rings (SSSR count). The van der Waals surface area contributed by atoms with E-state index in [1.54, 1.807) is 0 Å². The van der Waals surface area contributed by atoms with Gasteiger partial charge in [0.1, 0.15) is 19.0 Å². The van der Waals surface area contributed by atoms with E-state index in [9.17, 15) is 0 Å². The first-order valence-electron chi connectivity index (χ1n) is 7.33. The monoisotopic (exact) mass is 292 g/mol. The fourth-order valence-electron chi connectivity index (χ4n) is 2.68. The van der Waals surface area contributed by atoms with Crippen LogP contribution in [0, 0.1) is 6.92 Å². The maximum Gasteiger partial charge on any atom is 0.163 e. The molecular formula is C18H16N2O2. The van der Waals surface area contributed by atoms with Crippen molar-refractivity contribution in [2.24, 2.45) is 0 Å². The zero-order chi connectivity index (χ0) is 14.9. The summed E-state index contributed by atoms with van der Waals surface area (Å²) in [4.78, 5) is 4.66. The van der Waals surface area contributed by atoms with Gasteiger partial charge in [0.2, 0.25) is 0 Å². The topological polar surface area (TPSA) is 43.4 Å². The molecule has 22 heavy (non-hydrogen) atoms. The number of aryl methyl sites for hydroxylation is 1. The van der Waals surface area contributed by atoms with Crippen LogP contribution in [0.4, 0.5) is 11.5 Å². The maximum atomic E-state index is 5.61. The minimum atomic E-state index is 0.587. The highest BCUT2D eigenvalue weighted by atomic mass is 16.6. The van der Waals surface area contributed by atoms with Crippen LogP contribution in [0.25, 0.3) is 10.9 Å². The summed E-state index contributed by atoms with van der Waals surface area (Å²) >= 11 is 0. The average Bonchev–Trinajstić information content (AvgIpc) is 2.55. The number of rotatable bonds is 2. The van der Waals surface area contributed by atoms with E-state index in [0.29, 0.717) is 13.2 Å². The van der Waals surface area contributed by atoms with Gasteiger partial charge in [0.05, 0.1) is 5.52 Å². The highest BCUT2D eigenvalue weighted by molar-refractivity contribution is 5.84. The van der Waals surface area contributed by atoms with E-state index < -0.39 is 0 Å². The summed E-state index contributed by atoms with van der Waals surface area (Å²) in [7, 11) is 0. The van der Waals surface area contributed by atoms with E-state index in [2.05, 4.69) is 29.4 Å². The second-order valence-electron chi connectivity index (χ2n) is 5.32. The molecular weight excluding hydrogens is 276 g/mol. The Hall–Kier alpha value is -2.75. The number of nitrogens with one attached hydrogen (secondary N) is 1. The van der Waals surface area contributed by atoms with E-state index in [1.807, 2.05) is 36.4 Å². The molecule has 0 spiro atoms. The SMILES string of the molecule is Cc1cc(Nc2ccc3c(c2)OCCO3)nc2ccccc12. The summed E-state index contributed by atoms with van der Waals surface area (Å²) in [5.41, 5.74) is 3.12. The third kappa shape index (κ3) is 2.33. The second kappa shape index (κ2) is 5.22. The van der Waals surface area contributed by atoms with Crippen molar-refractivity contribution in [1.82, 2.24) is 4.98 Å². The third-order valence-corrected chi connectivity index (χ3v) is 3.74. The van der Waals surface area contributed by atoms with Crippen LogP contribution in [0.15, 0.2) is 48.5 Å². The minimum absolute atomic E-state index is 0.587. The molecule has 110 valence electrons. The molecule has 0 fully saturated rings. The van der Waals surface area contributed by atoms with E-state index >= 15 is 0 Å². The van der Waals surface area contributed by atoms with Crippen molar-refractivity contribution in [3.63, 3.8) is 0 Å². The van der Waals surface area contributed by atoms with Gasteiger partial charge in [-0.15, -0.1) is 0 Å². The van der Waals surface area contributed by atoms with Gasteiger partial charge in [-0.2, -0.15) is 0 Å². The van der Waals surface area contributed by atoms with Crippen LogP contribution in [0.3, 0.4) is 0 Å². The number of pyridine rings is 1. The van der Waals surface area contributed by atoms with Crippen LogP contribution < -0.4 is 14.8 Å². The molecule has 1 aliphatic rings. The summed E-state index contributed by atoms with van der Waals surface area (Å²) in [6, 6.07) is 16.0. The molecule has 3 aromatic rings. The van der Waals surface area contributed by atoms with Gasteiger partial charge in [0, 0.05) is 17.1 Å². The molecule has 4 nitrogen and oxygen atoms in total. The quantitative estimate of drug-likeness (QED) is 0.773. The van der Waals surface area contributed by atoms with Gasteiger partial charge in [0.15, 0.2) is 11.5 Å². The van der Waals surface area contributed by atoms with Crippen LogP contribution >= 0.6 is 0 Å². The van der Waals surface area contributed by atoms with Crippen molar-refractivity contribution in [3.8, 4) is 11.5 Å². The smallest absolute Gasteiger partial charge is 0.163 e. The average molecular weight is 292 g/mol. The van der Waals surface area contributed by atoms with Crippen molar-refractivity contribution in [2.75, 3.05) is 18.5 Å². The molecule has 1 aliphatic heterocycles. The van der Waals surface area contributed by atoms with Crippen molar-refractivity contribution in [3.05, 3.63) is 54.1 Å². The van der Waals surface area contributed by atoms with Gasteiger partial charge >= 0.3 is 0 Å². The Morgan fingerprint density at radius 2 is 1.77 bits per heavy atom. The molecule has 0 atom stereocenters. The molecule has 2 heterocycles. The van der Waals surface area contributed by atoms with E-state index in [1.165, 1.54) is 10.9 Å². The second-order valence-corrected chi connectivity index (χ2v) is 5.32. The van der Waals surface area contributed by atoms with Crippen LogP contribution in [-0.4, -0.2) is 18.2 Å². The molecule has 0 aliphatic carbocycles. The lowest BCUT2D eigenvalue weighted by Gasteiger charge is -2.19. The number of benzene rings is 2. The van der Waals surface area contributed by atoms with Gasteiger partial charge in [-0.1, -0.05) is 18.2 Å². The van der Waals surface area contributed by atoms with Crippen molar-refractivity contribution >= 4 is 22.4 Å². The molecule has 2 aromatic carbocycles. The Morgan fingerprint density at radius 1 is 0.955 bits per heavy atom. The summed E-state index contributed by atoms with van der Waals surface area (Å²) < 4.78 is 11.1. The number of aromatic nitrogens is 1. The molecule has 0 saturated heterocycles. The normalized spacial score (nSPS) is 13.1. The molecule has 0 bridgehead atoms. The predicted molar refractivity (Wildman–Crippen MR) is 87.2 cm³/mol. The zero-order valence-electron chi connectivity index (χ0n) is 12.3. The fourth-order valence-corrected chi connectivity index (χ4v) is 2.68. The lowest BCUT2D eigenvalue weighted by Crippen LogP contribution is -2.15. The molecule has 4 heteroatoms. The van der Waals surface area contributed by atoms with Crippen LogP contribution in [0.1, 0.15) is 5.56 Å². The number of hydrogen-bond donors (Lipinski definition) is 1. The number of anilines is 2. The van der Waals surface area contributed by atoms with Crippen molar-refractivity contribution in [2.45, 2.75) is 6.92 Å². The Morgan fingerprint density at radius 3 is 2.68 bits per heavy atom. The number of ether oxygens (including phenoxy) is 2. The molecule has 1 aromatic heterocycles. The maximum absolute atomic E-state index is 5.61. The lowest BCUT2D eigenvalue weighted by atomic mass is 10.1. The van der Waals surface area contributed by atoms with Gasteiger partial charge in [-0.05, 0) is 36.8 Å². The number of para-hydroxylation sites is 1. The largest absolute Gasteiger partial charge is 0.486 e. The Kier molecular flexibility index (Phi) is 3.07. The van der Waals surface area contributed by atoms with Gasteiger partial charge < -0.3 is 14.8 Å². The third-order valence-electron chi connectivity index (χ3n) is 3.74. The zero-order valence-corrected chi connectivity index (χ0v) is 12.3. The molecule has 0 saturated carbocycles. The minimum Gasteiger partial charge on any atom is -0.486 e. The Labute approximate surface area is 128 Å². The predicted octanol–water partition coefficient (Wildman–Crippen LogP) is 4.06. The molecule has 0 amide bonds. The van der Waals surface area contributed by atoms with Crippen molar-refractivity contribution in [1.29, 1.82) is 0 Å². The number of fused-ring (bicyclic) bond motifs is 2. The first-order chi connectivity index (χ1) is 10.8. The summed E-state index contributed by atoms with van der Waals surface area (Å²) in [6.07, 6.45) is 0. The highest BCUT2D eigenvalue weighted by Gasteiger charge is 2.12. The van der Waals surface area contributed by atoms with Gasteiger partial charge in [-0.25, -0.2) is 4.98 Å². The van der Waals surface area contributed by atoms with Gasteiger partial charge in [0.25, 0.3) is 0 Å². The van der Waals surface area contributed by atoms with Gasteiger partial charge in [-0.3, -0.25) is 0 Å². The van der Waals surface area contributed by atoms with E-state index in [4.69, 9.17) is 9.47 Å². The fraction of sp³-hybridized carbons (Fsp3) is 0.167. The summed E-state index contributed by atoms with van der Waals surface area (Å²) in [5, 5.41) is 4.52. The number of hydrogen-bond acceptors (Lipinski definition) is 4. The lowest BCUT2D eigenvalue weighted by molar-refractivity contribution is 0.171. The van der Waals surface area contributed by atoms with E-state index in [0.717, 1.165) is 28.5 Å². The summed E-state index contributed by atoms with van der Waals surface area (Å²) in [5.74, 6) is 2.39. The van der Waals surface area contributed by atoms with E-state index in [-0.39, 0.29) is 0 Å². The molecule has 1 N–H and O–H groups in total. The van der Waals surface area contributed by atoms with Crippen LogP contribution in [-0.2, 0) is 0 Å². The molecule has 0 unspecified atom stereocenters. The molecule has 0 radical (unpaired) electrons. The van der Waals surface area contributed by atoms with Crippen LogP contribution in [0.5, 0.6) is 11.5 Å². The highest BCUT2D eigenvalue weighted by Crippen LogP contribution is 2.33.